The Labute approximate surface area is 210 Å². The van der Waals surface area contributed by atoms with Gasteiger partial charge in [0.05, 0.1) is 12.2 Å². The minimum atomic E-state index is -1.67. The van der Waals surface area contributed by atoms with E-state index in [0.717, 1.165) is 0 Å². The van der Waals surface area contributed by atoms with Crippen molar-refractivity contribution in [1.29, 1.82) is 0 Å². The normalized spacial score (nSPS) is 11.6. The van der Waals surface area contributed by atoms with Crippen LogP contribution < -0.4 is 25.1 Å². The van der Waals surface area contributed by atoms with Crippen molar-refractivity contribution in [3.05, 3.63) is 69.3 Å². The molecule has 1 amide bonds. The van der Waals surface area contributed by atoms with Gasteiger partial charge in [0.25, 0.3) is 0 Å². The Hall–Kier alpha value is -3.72. The molecule has 0 saturated heterocycles. The molecule has 0 fully saturated rings. The molecule has 190 valence electrons. The number of carbonyl (C=O) groups is 1. The third-order valence-electron chi connectivity index (χ3n) is 5.27. The highest BCUT2D eigenvalue weighted by atomic mass is 32.2. The summed E-state index contributed by atoms with van der Waals surface area (Å²) >= 11 is -1.67. The number of anilines is 1. The zero-order chi connectivity index (χ0) is 26.2. The van der Waals surface area contributed by atoms with Crippen LogP contribution in [0.4, 0.5) is 14.9 Å². The maximum absolute atomic E-state index is 15.2. The molecule has 9 nitrogen and oxygen atoms in total. The average Bonchev–Trinajstić information content (AvgIpc) is 2.85. The van der Waals surface area contributed by atoms with Crippen LogP contribution in [-0.4, -0.2) is 49.4 Å². The molecule has 0 aliphatic heterocycles. The Morgan fingerprint density at radius 2 is 2.03 bits per heavy atom. The van der Waals surface area contributed by atoms with Crippen molar-refractivity contribution in [2.45, 2.75) is 12.8 Å². The number of benzene rings is 2. The Morgan fingerprint density at radius 3 is 2.72 bits per heavy atom. The lowest BCUT2D eigenvalue weighted by molar-refractivity contribution is 0.172. The number of carbonyl (C=O) groups excluding carboxylic acids is 1. The van der Waals surface area contributed by atoms with Crippen LogP contribution in [0.15, 0.2) is 45.6 Å². The van der Waals surface area contributed by atoms with Gasteiger partial charge in [-0.1, -0.05) is 18.1 Å². The van der Waals surface area contributed by atoms with Gasteiger partial charge in [0.15, 0.2) is 17.0 Å². The van der Waals surface area contributed by atoms with Crippen molar-refractivity contribution < 1.29 is 22.5 Å². The van der Waals surface area contributed by atoms with E-state index in [1.54, 1.807) is 38.4 Å². The lowest BCUT2D eigenvalue weighted by Gasteiger charge is -2.15. The Kier molecular flexibility index (Phi) is 9.19. The van der Waals surface area contributed by atoms with E-state index >= 15 is 4.39 Å². The second-order valence-corrected chi connectivity index (χ2v) is 9.08. The molecule has 0 aliphatic rings. The first-order valence-corrected chi connectivity index (χ1v) is 12.1. The van der Waals surface area contributed by atoms with Crippen molar-refractivity contribution in [1.82, 2.24) is 14.9 Å². The van der Waals surface area contributed by atoms with Crippen LogP contribution in [0, 0.1) is 18.2 Å². The molecule has 1 unspecified atom stereocenters. The minimum absolute atomic E-state index is 0.0370. The van der Waals surface area contributed by atoms with Crippen LogP contribution in [-0.2, 0) is 24.0 Å². The molecule has 3 N–H and O–H groups in total. The molecule has 1 aromatic heterocycles. The second-order valence-electron chi connectivity index (χ2n) is 7.93. The molecular formula is C25H27FN4O5S. The molecule has 0 aliphatic carbocycles. The summed E-state index contributed by atoms with van der Waals surface area (Å²) in [5.41, 5.74) is 0.813. The Morgan fingerprint density at radius 1 is 1.25 bits per heavy atom. The van der Waals surface area contributed by atoms with Gasteiger partial charge in [-0.15, -0.1) is 6.42 Å². The molecular weight excluding hydrogens is 487 g/mol. The molecule has 3 aromatic rings. The number of terminal acetylenes is 1. The van der Waals surface area contributed by atoms with Crippen molar-refractivity contribution in [2.75, 3.05) is 39.0 Å². The molecule has 1 heterocycles. The van der Waals surface area contributed by atoms with Crippen LogP contribution in [0.3, 0.4) is 0 Å². The van der Waals surface area contributed by atoms with E-state index in [1.807, 2.05) is 0 Å². The monoisotopic (exact) mass is 514 g/mol. The van der Waals surface area contributed by atoms with Crippen LogP contribution in [0.25, 0.3) is 11.0 Å². The van der Waals surface area contributed by atoms with Gasteiger partial charge in [0.1, 0.15) is 11.3 Å². The van der Waals surface area contributed by atoms with Crippen molar-refractivity contribution in [3.8, 4) is 18.1 Å². The number of rotatable bonds is 10. The van der Waals surface area contributed by atoms with Gasteiger partial charge in [-0.3, -0.25) is 4.72 Å². The van der Waals surface area contributed by atoms with E-state index < -0.39 is 28.7 Å². The second kappa shape index (κ2) is 12.3. The molecule has 3 rings (SSSR count). The number of ether oxygens (including phenoxy) is 1. The number of amides is 1. The quantitative estimate of drug-likeness (QED) is 0.218. The highest BCUT2D eigenvalue weighted by Gasteiger charge is 2.19. The number of fused-ring (bicyclic) bond motifs is 1. The fraction of sp³-hybridized carbons (Fsp3) is 0.280. The predicted molar refractivity (Wildman–Crippen MR) is 138 cm³/mol. The molecule has 0 bridgehead atoms. The van der Waals surface area contributed by atoms with Gasteiger partial charge < -0.3 is 19.4 Å². The van der Waals surface area contributed by atoms with Crippen molar-refractivity contribution >= 4 is 33.9 Å². The van der Waals surface area contributed by atoms with E-state index in [-0.39, 0.29) is 34.6 Å². The summed E-state index contributed by atoms with van der Waals surface area (Å²) in [7, 11) is 4.58. The summed E-state index contributed by atoms with van der Waals surface area (Å²) in [6, 6.07) is 9.38. The van der Waals surface area contributed by atoms with E-state index in [1.165, 1.54) is 24.1 Å². The van der Waals surface area contributed by atoms with Crippen molar-refractivity contribution in [2.24, 2.45) is 0 Å². The summed E-state index contributed by atoms with van der Waals surface area (Å²) in [5.74, 6) is 2.09. The number of nitrogens with one attached hydrogen (secondary N) is 3. The summed E-state index contributed by atoms with van der Waals surface area (Å²) in [4.78, 5) is 26.3. The van der Waals surface area contributed by atoms with Gasteiger partial charge in [0.2, 0.25) is 0 Å². The van der Waals surface area contributed by atoms with Gasteiger partial charge in [0, 0.05) is 44.1 Å². The topological polar surface area (TPSA) is 113 Å². The molecule has 0 spiro atoms. The first-order valence-electron chi connectivity index (χ1n) is 11.0. The van der Waals surface area contributed by atoms with Gasteiger partial charge in [-0.2, -0.15) is 0 Å². The first kappa shape index (κ1) is 26.9. The van der Waals surface area contributed by atoms with Crippen LogP contribution >= 0.6 is 0 Å². The molecule has 1 atom stereocenters. The number of hydrogen-bond acceptors (Lipinski definition) is 6. The predicted octanol–water partition coefficient (Wildman–Crippen LogP) is 2.56. The average molecular weight is 515 g/mol. The van der Waals surface area contributed by atoms with E-state index in [4.69, 9.17) is 15.6 Å². The van der Waals surface area contributed by atoms with E-state index in [9.17, 15) is 13.8 Å². The zero-order valence-electron chi connectivity index (χ0n) is 20.1. The number of nitrogens with zero attached hydrogens (tertiary/aromatic N) is 1. The highest BCUT2D eigenvalue weighted by Crippen LogP contribution is 2.28. The summed E-state index contributed by atoms with van der Waals surface area (Å²) in [5, 5.41) is 3.72. The zero-order valence-corrected chi connectivity index (χ0v) is 21.0. The molecule has 0 saturated carbocycles. The SMILES string of the molecule is C#CCNCCc1c(Cc2cccc(NS(=O)NC)c2F)c(=O)oc2cc(OC(=O)N(C)C)ccc12. The fourth-order valence-corrected chi connectivity index (χ4v) is 3.97. The van der Waals surface area contributed by atoms with E-state index in [2.05, 4.69) is 20.7 Å². The molecule has 2 aromatic carbocycles. The smallest absolute Gasteiger partial charge is 0.414 e. The number of halogens is 1. The van der Waals surface area contributed by atoms with Gasteiger partial charge in [-0.05, 0) is 42.8 Å². The standard InChI is InChI=1S/C25H27FN4O5S/c1-5-12-28-13-11-18-19-10-9-17(34-25(32)30(3)4)15-22(19)35-24(31)20(18)14-16-7-6-8-21(23(16)26)29-36(33)27-2/h1,6-10,15,27-29H,11-14H2,2-4H3. The largest absolute Gasteiger partial charge is 0.422 e. The molecule has 36 heavy (non-hydrogen) atoms. The third-order valence-corrected chi connectivity index (χ3v) is 6.05. The van der Waals surface area contributed by atoms with Crippen LogP contribution in [0.2, 0.25) is 0 Å². The lowest BCUT2D eigenvalue weighted by Crippen LogP contribution is -2.25. The van der Waals surface area contributed by atoms with E-state index in [0.29, 0.717) is 30.5 Å². The first-order chi connectivity index (χ1) is 17.2. The maximum Gasteiger partial charge on any atom is 0.414 e. The van der Waals surface area contributed by atoms with Gasteiger partial charge in [-0.25, -0.2) is 22.9 Å². The van der Waals surface area contributed by atoms with Crippen molar-refractivity contribution in [3.63, 3.8) is 0 Å². The molecule has 11 heteroatoms. The summed E-state index contributed by atoms with van der Waals surface area (Å²) in [6.07, 6.45) is 5.11. The fourth-order valence-electron chi connectivity index (χ4n) is 3.51. The van der Waals surface area contributed by atoms with Crippen LogP contribution in [0.1, 0.15) is 16.7 Å². The maximum atomic E-state index is 15.2. The number of hydrogen-bond donors (Lipinski definition) is 3. The summed E-state index contributed by atoms with van der Waals surface area (Å²) in [6.45, 7) is 0.822. The lowest BCUT2D eigenvalue weighted by atomic mass is 9.96. The van der Waals surface area contributed by atoms with Crippen LogP contribution in [0.5, 0.6) is 5.75 Å². The molecule has 0 radical (unpaired) electrons. The third kappa shape index (κ3) is 6.48. The highest BCUT2D eigenvalue weighted by molar-refractivity contribution is 7.84. The Balaban J connectivity index is 2.05. The minimum Gasteiger partial charge on any atom is -0.422 e. The Bertz CT molecular complexity index is 1380. The van der Waals surface area contributed by atoms with Gasteiger partial charge >= 0.3 is 11.7 Å². The summed E-state index contributed by atoms with van der Waals surface area (Å²) < 4.78 is 42.8.